The van der Waals surface area contributed by atoms with E-state index in [1.54, 1.807) is 0 Å². The second-order valence-electron chi connectivity index (χ2n) is 4.58. The molecule has 0 saturated heterocycles. The highest BCUT2D eigenvalue weighted by Gasteiger charge is 2.08. The van der Waals surface area contributed by atoms with Crippen molar-refractivity contribution in [2.45, 2.75) is 12.8 Å². The van der Waals surface area contributed by atoms with Crippen LogP contribution in [0.25, 0.3) is 0 Å². The number of allylic oxidation sites excluding steroid dienone is 2. The fourth-order valence-corrected chi connectivity index (χ4v) is 1.95. The summed E-state index contributed by atoms with van der Waals surface area (Å²) in [5.74, 6) is -0.235. The van der Waals surface area contributed by atoms with Crippen molar-refractivity contribution in [3.05, 3.63) is 40.5 Å². The predicted octanol–water partition coefficient (Wildman–Crippen LogP) is 1.60. The molecule has 1 aromatic rings. The number of guanidine groups is 1. The van der Waals surface area contributed by atoms with Crippen LogP contribution in [0.4, 0.5) is 10.3 Å². The minimum Gasteiger partial charge on any atom is -0.370 e. The molecule has 0 unspecified atom stereocenters. The standard InChI is InChI=1S/C13H16ClFN6/c14-11-10(15)7-20-13(21-11)19-6-9-3-1-8(2-4-9)5-18-12(16)17/h1,3,7H,2,4-6H2,(H4,16,17,18)(H,19,20,21). The van der Waals surface area contributed by atoms with Crippen LogP contribution in [-0.4, -0.2) is 29.0 Å². The van der Waals surface area contributed by atoms with E-state index >= 15 is 0 Å². The summed E-state index contributed by atoms with van der Waals surface area (Å²) in [5, 5.41) is 2.82. The third-order valence-corrected chi connectivity index (χ3v) is 3.23. The molecule has 0 atom stereocenters. The van der Waals surface area contributed by atoms with E-state index in [2.05, 4.69) is 20.3 Å². The Kier molecular flexibility index (Phi) is 5.10. The molecule has 0 spiro atoms. The van der Waals surface area contributed by atoms with E-state index < -0.39 is 5.82 Å². The molecule has 21 heavy (non-hydrogen) atoms. The van der Waals surface area contributed by atoms with Crippen molar-refractivity contribution in [1.82, 2.24) is 9.97 Å². The Balaban J connectivity index is 1.89. The van der Waals surface area contributed by atoms with E-state index in [0.29, 0.717) is 19.0 Å². The smallest absolute Gasteiger partial charge is 0.224 e. The van der Waals surface area contributed by atoms with E-state index in [1.165, 1.54) is 11.1 Å². The highest BCUT2D eigenvalue weighted by Crippen LogP contribution is 2.19. The second kappa shape index (κ2) is 7.03. The van der Waals surface area contributed by atoms with Gasteiger partial charge in [0.05, 0.1) is 12.7 Å². The summed E-state index contributed by atoms with van der Waals surface area (Å²) in [5.41, 5.74) is 13.0. The molecule has 1 aliphatic rings. The molecule has 6 nitrogen and oxygen atoms in total. The molecule has 1 aliphatic carbocycles. The third kappa shape index (κ3) is 4.71. The zero-order valence-corrected chi connectivity index (χ0v) is 12.1. The lowest BCUT2D eigenvalue weighted by molar-refractivity contribution is 0.614. The summed E-state index contributed by atoms with van der Waals surface area (Å²) in [6, 6.07) is 0. The zero-order chi connectivity index (χ0) is 15.2. The average molecular weight is 311 g/mol. The molecule has 0 amide bonds. The molecule has 0 fully saturated rings. The second-order valence-corrected chi connectivity index (χ2v) is 4.93. The van der Waals surface area contributed by atoms with E-state index in [-0.39, 0.29) is 11.1 Å². The summed E-state index contributed by atoms with van der Waals surface area (Å²) >= 11 is 5.59. The highest BCUT2D eigenvalue weighted by atomic mass is 35.5. The number of nitrogens with two attached hydrogens (primary N) is 2. The molecular formula is C13H16ClFN6. The van der Waals surface area contributed by atoms with Gasteiger partial charge >= 0.3 is 0 Å². The first kappa shape index (κ1) is 15.2. The molecule has 0 aliphatic heterocycles. The van der Waals surface area contributed by atoms with Crippen LogP contribution in [-0.2, 0) is 0 Å². The molecule has 0 aromatic carbocycles. The maximum absolute atomic E-state index is 12.9. The molecule has 0 radical (unpaired) electrons. The highest BCUT2D eigenvalue weighted by molar-refractivity contribution is 6.29. The lowest BCUT2D eigenvalue weighted by Gasteiger charge is -2.14. The van der Waals surface area contributed by atoms with Gasteiger partial charge in [0.25, 0.3) is 0 Å². The van der Waals surface area contributed by atoms with Gasteiger partial charge < -0.3 is 16.8 Å². The molecule has 0 saturated carbocycles. The fraction of sp³-hybridized carbons (Fsp3) is 0.308. The van der Waals surface area contributed by atoms with Gasteiger partial charge in [0.15, 0.2) is 16.9 Å². The minimum atomic E-state index is -0.633. The summed E-state index contributed by atoms with van der Waals surface area (Å²) in [7, 11) is 0. The number of nitrogens with zero attached hydrogens (tertiary/aromatic N) is 3. The predicted molar refractivity (Wildman–Crippen MR) is 81.6 cm³/mol. The van der Waals surface area contributed by atoms with Gasteiger partial charge in [-0.1, -0.05) is 29.3 Å². The Labute approximate surface area is 126 Å². The van der Waals surface area contributed by atoms with Crippen LogP contribution in [0.3, 0.4) is 0 Å². The van der Waals surface area contributed by atoms with Gasteiger partial charge in [-0.2, -0.15) is 4.98 Å². The lowest BCUT2D eigenvalue weighted by atomic mass is 9.98. The van der Waals surface area contributed by atoms with E-state index in [9.17, 15) is 4.39 Å². The molecule has 1 heterocycles. The third-order valence-electron chi connectivity index (χ3n) is 2.96. The molecule has 8 heteroatoms. The van der Waals surface area contributed by atoms with Crippen molar-refractivity contribution in [2.75, 3.05) is 18.4 Å². The first-order chi connectivity index (χ1) is 10.0. The van der Waals surface area contributed by atoms with Crippen molar-refractivity contribution in [3.63, 3.8) is 0 Å². The molecular weight excluding hydrogens is 295 g/mol. The lowest BCUT2D eigenvalue weighted by Crippen LogP contribution is -2.23. The molecule has 112 valence electrons. The Hall–Kier alpha value is -2.15. The van der Waals surface area contributed by atoms with E-state index in [0.717, 1.165) is 19.0 Å². The van der Waals surface area contributed by atoms with E-state index in [4.69, 9.17) is 23.1 Å². The zero-order valence-electron chi connectivity index (χ0n) is 11.3. The number of nitrogens with one attached hydrogen (secondary N) is 1. The summed E-state index contributed by atoms with van der Waals surface area (Å²) in [6.45, 7) is 1.10. The van der Waals surface area contributed by atoms with E-state index in [1.807, 2.05) is 12.2 Å². The van der Waals surface area contributed by atoms with Crippen molar-refractivity contribution in [3.8, 4) is 0 Å². The number of hydrogen-bond donors (Lipinski definition) is 3. The molecule has 1 aromatic heterocycles. The van der Waals surface area contributed by atoms with Gasteiger partial charge in [-0.3, -0.25) is 0 Å². The van der Waals surface area contributed by atoms with Gasteiger partial charge in [0.2, 0.25) is 5.95 Å². The first-order valence-corrected chi connectivity index (χ1v) is 6.77. The SMILES string of the molecule is NC(N)=NCC1=CC=C(CNc2ncc(F)c(Cl)n2)CC1. The number of rotatable bonds is 5. The number of hydrogen-bond acceptors (Lipinski definition) is 4. The van der Waals surface area contributed by atoms with Crippen LogP contribution in [0.2, 0.25) is 5.15 Å². The summed E-state index contributed by atoms with van der Waals surface area (Å²) < 4.78 is 12.9. The van der Waals surface area contributed by atoms with Crippen molar-refractivity contribution in [1.29, 1.82) is 0 Å². The Morgan fingerprint density at radius 3 is 2.67 bits per heavy atom. The fourth-order valence-electron chi connectivity index (χ4n) is 1.82. The molecule has 0 bridgehead atoms. The van der Waals surface area contributed by atoms with Crippen LogP contribution in [0.1, 0.15) is 12.8 Å². The van der Waals surface area contributed by atoms with Gasteiger partial charge in [-0.15, -0.1) is 0 Å². The van der Waals surface area contributed by atoms with Crippen LogP contribution < -0.4 is 16.8 Å². The minimum absolute atomic E-state index is 0.0951. The van der Waals surface area contributed by atoms with Crippen LogP contribution in [0, 0.1) is 5.82 Å². The topological polar surface area (TPSA) is 102 Å². The van der Waals surface area contributed by atoms with Gasteiger partial charge in [-0.05, 0) is 18.4 Å². The Morgan fingerprint density at radius 2 is 2.05 bits per heavy atom. The Morgan fingerprint density at radius 1 is 1.33 bits per heavy atom. The number of anilines is 1. The normalized spacial score (nSPS) is 14.2. The van der Waals surface area contributed by atoms with Gasteiger partial charge in [-0.25, -0.2) is 14.4 Å². The number of aliphatic imine (C=N–C) groups is 1. The Bertz CT molecular complexity index is 607. The average Bonchev–Trinajstić information content (AvgIpc) is 2.47. The molecule has 2 rings (SSSR count). The summed E-state index contributed by atoms with van der Waals surface area (Å²) in [4.78, 5) is 11.6. The van der Waals surface area contributed by atoms with Gasteiger partial charge in [0.1, 0.15) is 0 Å². The van der Waals surface area contributed by atoms with Crippen LogP contribution >= 0.6 is 11.6 Å². The maximum Gasteiger partial charge on any atom is 0.224 e. The van der Waals surface area contributed by atoms with Crippen LogP contribution in [0.5, 0.6) is 0 Å². The number of aromatic nitrogens is 2. The van der Waals surface area contributed by atoms with Crippen molar-refractivity contribution < 1.29 is 4.39 Å². The first-order valence-electron chi connectivity index (χ1n) is 6.39. The van der Waals surface area contributed by atoms with Crippen molar-refractivity contribution in [2.24, 2.45) is 16.5 Å². The largest absolute Gasteiger partial charge is 0.370 e. The van der Waals surface area contributed by atoms with Crippen molar-refractivity contribution >= 4 is 23.5 Å². The summed E-state index contributed by atoms with van der Waals surface area (Å²) in [6.07, 6.45) is 6.86. The maximum atomic E-state index is 12.9. The van der Waals surface area contributed by atoms with Crippen LogP contribution in [0.15, 0.2) is 34.5 Å². The van der Waals surface area contributed by atoms with Gasteiger partial charge in [0, 0.05) is 6.54 Å². The quantitative estimate of drug-likeness (QED) is 0.435. The number of halogens is 2. The molecule has 5 N–H and O–H groups in total. The monoisotopic (exact) mass is 310 g/mol.